The fourth-order valence-electron chi connectivity index (χ4n) is 2.12. The number of alkyl halides is 3. The van der Waals surface area contributed by atoms with Gasteiger partial charge in [-0.2, -0.15) is 13.2 Å². The summed E-state index contributed by atoms with van der Waals surface area (Å²) in [5.41, 5.74) is 9.49. The normalized spacial score (nSPS) is 13.5. The first-order valence-corrected chi connectivity index (χ1v) is 6.89. The largest absolute Gasteiger partial charge is 0.411 e. The van der Waals surface area contributed by atoms with Crippen LogP contribution in [-0.4, -0.2) is 19.4 Å². The second-order valence-corrected chi connectivity index (χ2v) is 4.80. The molecule has 2 nitrogen and oxygen atoms in total. The Morgan fingerprint density at radius 1 is 1.15 bits per heavy atom. The summed E-state index contributed by atoms with van der Waals surface area (Å²) in [4.78, 5) is 0. The smallest absolute Gasteiger partial charge is 0.372 e. The Balaban J connectivity index is 2.53. The van der Waals surface area contributed by atoms with Gasteiger partial charge in [0, 0.05) is 12.6 Å². The van der Waals surface area contributed by atoms with Crippen molar-refractivity contribution in [2.45, 2.75) is 45.3 Å². The molecule has 0 radical (unpaired) electrons. The predicted molar refractivity (Wildman–Crippen MR) is 73.6 cm³/mol. The Morgan fingerprint density at radius 2 is 1.80 bits per heavy atom. The van der Waals surface area contributed by atoms with Crippen LogP contribution >= 0.6 is 0 Å². The number of rotatable bonds is 7. The van der Waals surface area contributed by atoms with E-state index in [1.807, 2.05) is 18.2 Å². The van der Waals surface area contributed by atoms with Crippen molar-refractivity contribution in [2.75, 3.05) is 13.2 Å². The van der Waals surface area contributed by atoms with Crippen molar-refractivity contribution in [3.63, 3.8) is 0 Å². The maximum atomic E-state index is 11.9. The van der Waals surface area contributed by atoms with Crippen LogP contribution in [0.15, 0.2) is 18.2 Å². The van der Waals surface area contributed by atoms with Crippen LogP contribution in [0.25, 0.3) is 0 Å². The van der Waals surface area contributed by atoms with E-state index in [-0.39, 0.29) is 12.6 Å². The number of ether oxygens (including phenoxy) is 1. The summed E-state index contributed by atoms with van der Waals surface area (Å²) in [6.45, 7) is 2.97. The average molecular weight is 289 g/mol. The van der Waals surface area contributed by atoms with Crippen molar-refractivity contribution >= 4 is 0 Å². The van der Waals surface area contributed by atoms with E-state index in [9.17, 15) is 13.2 Å². The van der Waals surface area contributed by atoms with Crippen molar-refractivity contribution in [3.8, 4) is 0 Å². The summed E-state index contributed by atoms with van der Waals surface area (Å²) in [7, 11) is 0. The highest BCUT2D eigenvalue weighted by molar-refractivity contribution is 5.33. The zero-order valence-corrected chi connectivity index (χ0v) is 12.0. The number of nitrogens with two attached hydrogens (primary N) is 1. The van der Waals surface area contributed by atoms with Crippen molar-refractivity contribution < 1.29 is 17.9 Å². The van der Waals surface area contributed by atoms with E-state index in [2.05, 4.69) is 18.6 Å². The van der Waals surface area contributed by atoms with E-state index in [0.29, 0.717) is 6.42 Å². The number of benzene rings is 1. The van der Waals surface area contributed by atoms with E-state index in [1.54, 1.807) is 0 Å². The minimum absolute atomic E-state index is 0.0116. The fraction of sp³-hybridized carbons (Fsp3) is 0.600. The molecule has 114 valence electrons. The summed E-state index contributed by atoms with van der Waals surface area (Å²) >= 11 is 0. The molecule has 0 heterocycles. The third-order valence-electron chi connectivity index (χ3n) is 3.26. The van der Waals surface area contributed by atoms with Gasteiger partial charge in [0.05, 0.1) is 0 Å². The number of hydrogen-bond acceptors (Lipinski definition) is 2. The number of hydrogen-bond donors (Lipinski definition) is 1. The SMILES string of the molecule is CCc1ccc(C(N)CCOCC(F)(F)F)cc1CC. The zero-order valence-electron chi connectivity index (χ0n) is 12.0. The third-order valence-corrected chi connectivity index (χ3v) is 3.26. The zero-order chi connectivity index (χ0) is 15.2. The molecule has 5 heteroatoms. The van der Waals surface area contributed by atoms with Gasteiger partial charge in [0.15, 0.2) is 0 Å². The van der Waals surface area contributed by atoms with Gasteiger partial charge in [0.2, 0.25) is 0 Å². The third kappa shape index (κ3) is 5.51. The molecule has 0 bridgehead atoms. The van der Waals surface area contributed by atoms with Crippen LogP contribution in [0.1, 0.15) is 43.0 Å². The molecule has 1 atom stereocenters. The molecule has 0 aliphatic carbocycles. The highest BCUT2D eigenvalue weighted by atomic mass is 19.4. The first-order valence-electron chi connectivity index (χ1n) is 6.89. The van der Waals surface area contributed by atoms with E-state index in [4.69, 9.17) is 5.73 Å². The van der Waals surface area contributed by atoms with Gasteiger partial charge in [0.1, 0.15) is 6.61 Å². The van der Waals surface area contributed by atoms with E-state index in [1.165, 1.54) is 11.1 Å². The molecule has 0 aliphatic rings. The molecular formula is C15H22F3NO. The standard InChI is InChI=1S/C15H22F3NO/c1-3-11-5-6-13(9-12(11)4-2)14(19)7-8-20-10-15(16,17)18/h5-6,9,14H,3-4,7-8,10,19H2,1-2H3. The molecule has 1 aromatic rings. The summed E-state index contributed by atoms with van der Waals surface area (Å²) < 4.78 is 40.4. The molecule has 1 unspecified atom stereocenters. The molecule has 0 aliphatic heterocycles. The van der Waals surface area contributed by atoms with Gasteiger partial charge < -0.3 is 10.5 Å². The Morgan fingerprint density at radius 3 is 2.35 bits per heavy atom. The molecule has 2 N–H and O–H groups in total. The summed E-state index contributed by atoms with van der Waals surface area (Å²) in [5.74, 6) is 0. The average Bonchev–Trinajstić information content (AvgIpc) is 2.41. The summed E-state index contributed by atoms with van der Waals surface area (Å²) in [6, 6.07) is 5.75. The highest BCUT2D eigenvalue weighted by Gasteiger charge is 2.27. The van der Waals surface area contributed by atoms with Crippen LogP contribution in [0.5, 0.6) is 0 Å². The van der Waals surface area contributed by atoms with Gasteiger partial charge in [-0.15, -0.1) is 0 Å². The molecule has 0 fully saturated rings. The van der Waals surface area contributed by atoms with E-state index in [0.717, 1.165) is 18.4 Å². The van der Waals surface area contributed by atoms with Crippen LogP contribution in [0, 0.1) is 0 Å². The summed E-state index contributed by atoms with van der Waals surface area (Å²) in [5, 5.41) is 0. The quantitative estimate of drug-likeness (QED) is 0.775. The maximum Gasteiger partial charge on any atom is 0.411 e. The Labute approximate surface area is 118 Å². The van der Waals surface area contributed by atoms with Gasteiger partial charge in [-0.1, -0.05) is 32.0 Å². The van der Waals surface area contributed by atoms with Crippen LogP contribution in [0.3, 0.4) is 0 Å². The number of aryl methyl sites for hydroxylation is 2. The van der Waals surface area contributed by atoms with Gasteiger partial charge in [-0.25, -0.2) is 0 Å². The lowest BCUT2D eigenvalue weighted by Crippen LogP contribution is -2.19. The predicted octanol–water partition coefficient (Wildman–Crippen LogP) is 3.78. The topological polar surface area (TPSA) is 35.2 Å². The van der Waals surface area contributed by atoms with E-state index < -0.39 is 12.8 Å². The highest BCUT2D eigenvalue weighted by Crippen LogP contribution is 2.20. The first kappa shape index (κ1) is 17.0. The monoisotopic (exact) mass is 289 g/mol. The van der Waals surface area contributed by atoms with Crippen LogP contribution in [0.2, 0.25) is 0 Å². The lowest BCUT2D eigenvalue weighted by Gasteiger charge is -2.15. The van der Waals surface area contributed by atoms with Gasteiger partial charge in [-0.3, -0.25) is 0 Å². The molecule has 20 heavy (non-hydrogen) atoms. The van der Waals surface area contributed by atoms with Gasteiger partial charge in [-0.05, 0) is 36.0 Å². The molecular weight excluding hydrogens is 267 g/mol. The maximum absolute atomic E-state index is 11.9. The van der Waals surface area contributed by atoms with E-state index >= 15 is 0 Å². The molecule has 0 aromatic heterocycles. The second-order valence-electron chi connectivity index (χ2n) is 4.80. The fourth-order valence-corrected chi connectivity index (χ4v) is 2.12. The minimum atomic E-state index is -4.28. The lowest BCUT2D eigenvalue weighted by atomic mass is 9.96. The minimum Gasteiger partial charge on any atom is -0.372 e. The van der Waals surface area contributed by atoms with Crippen LogP contribution in [-0.2, 0) is 17.6 Å². The Kier molecular flexibility index (Phi) is 6.49. The Bertz CT molecular complexity index is 418. The van der Waals surface area contributed by atoms with Crippen molar-refractivity contribution in [3.05, 3.63) is 34.9 Å². The first-order chi connectivity index (χ1) is 9.37. The molecule has 0 amide bonds. The van der Waals surface area contributed by atoms with Crippen LogP contribution in [0.4, 0.5) is 13.2 Å². The molecule has 0 saturated carbocycles. The molecule has 0 spiro atoms. The van der Waals surface area contributed by atoms with Crippen molar-refractivity contribution in [1.29, 1.82) is 0 Å². The molecule has 1 rings (SSSR count). The molecule has 1 aromatic carbocycles. The molecule has 0 saturated heterocycles. The lowest BCUT2D eigenvalue weighted by molar-refractivity contribution is -0.174. The second kappa shape index (κ2) is 7.64. The van der Waals surface area contributed by atoms with Crippen LogP contribution < -0.4 is 5.73 Å². The summed E-state index contributed by atoms with van der Waals surface area (Å²) in [6.07, 6.45) is -2.01. The van der Waals surface area contributed by atoms with Gasteiger partial charge >= 0.3 is 6.18 Å². The van der Waals surface area contributed by atoms with Gasteiger partial charge in [0.25, 0.3) is 0 Å². The number of halogens is 3. The van der Waals surface area contributed by atoms with Crippen molar-refractivity contribution in [1.82, 2.24) is 0 Å². The van der Waals surface area contributed by atoms with Crippen molar-refractivity contribution in [2.24, 2.45) is 5.73 Å². The Hall–Kier alpha value is -1.07.